The summed E-state index contributed by atoms with van der Waals surface area (Å²) in [5, 5.41) is 12.0. The second kappa shape index (κ2) is 5.57. The van der Waals surface area contributed by atoms with Crippen LogP contribution >= 0.6 is 11.3 Å². The van der Waals surface area contributed by atoms with Crippen LogP contribution in [0, 0.1) is 5.92 Å². The first-order valence-corrected chi connectivity index (χ1v) is 7.85. The Morgan fingerprint density at radius 2 is 2.38 bits per heavy atom. The highest BCUT2D eigenvalue weighted by atomic mass is 32.1. The van der Waals surface area contributed by atoms with Gasteiger partial charge in [-0.1, -0.05) is 24.2 Å². The Morgan fingerprint density at radius 3 is 3.10 bits per heavy atom. The molecule has 1 aliphatic rings. The van der Waals surface area contributed by atoms with E-state index in [1.54, 1.807) is 12.3 Å². The van der Waals surface area contributed by atoms with Gasteiger partial charge in [-0.3, -0.25) is 4.79 Å². The number of carbonyl (C=O) groups excluding carboxylic acids is 1. The summed E-state index contributed by atoms with van der Waals surface area (Å²) in [4.78, 5) is 12.4. The zero-order chi connectivity index (χ0) is 14.9. The van der Waals surface area contributed by atoms with Crippen molar-refractivity contribution in [2.45, 2.75) is 38.1 Å². The van der Waals surface area contributed by atoms with Gasteiger partial charge >= 0.3 is 0 Å². The maximum atomic E-state index is 12.4. The molecular weight excluding hydrogens is 288 g/mol. The van der Waals surface area contributed by atoms with Gasteiger partial charge in [0.1, 0.15) is 0 Å². The highest BCUT2D eigenvalue weighted by Crippen LogP contribution is 2.33. The molecule has 1 fully saturated rings. The van der Waals surface area contributed by atoms with Gasteiger partial charge in [0.25, 0.3) is 0 Å². The third kappa shape index (κ3) is 2.98. The van der Waals surface area contributed by atoms with Crippen LogP contribution in [0.2, 0.25) is 0 Å². The summed E-state index contributed by atoms with van der Waals surface area (Å²) in [6.45, 7) is 1.95. The van der Waals surface area contributed by atoms with Crippen molar-refractivity contribution in [1.82, 2.24) is 10.2 Å². The number of hydrogen-bond acceptors (Lipinski definition) is 6. The quantitative estimate of drug-likeness (QED) is 0.909. The van der Waals surface area contributed by atoms with Crippen LogP contribution in [0.15, 0.2) is 22.8 Å². The zero-order valence-corrected chi connectivity index (χ0v) is 12.7. The fourth-order valence-electron chi connectivity index (χ4n) is 2.75. The molecule has 0 aliphatic heterocycles. The van der Waals surface area contributed by atoms with Crippen molar-refractivity contribution < 1.29 is 9.21 Å². The summed E-state index contributed by atoms with van der Waals surface area (Å²) in [6, 6.07) is 3.60. The lowest BCUT2D eigenvalue weighted by atomic mass is 9.74. The van der Waals surface area contributed by atoms with Crippen molar-refractivity contribution >= 4 is 22.4 Å². The summed E-state index contributed by atoms with van der Waals surface area (Å²) < 4.78 is 5.26. The van der Waals surface area contributed by atoms with Crippen LogP contribution in [0.3, 0.4) is 0 Å². The molecule has 21 heavy (non-hydrogen) atoms. The minimum atomic E-state index is -0.448. The molecule has 2 unspecified atom stereocenters. The molecule has 2 aromatic heterocycles. The van der Waals surface area contributed by atoms with Crippen LogP contribution in [0.1, 0.15) is 32.6 Å². The van der Waals surface area contributed by atoms with Gasteiger partial charge in [-0.25, -0.2) is 0 Å². The highest BCUT2D eigenvalue weighted by Gasteiger charge is 2.38. The lowest BCUT2D eigenvalue weighted by Crippen LogP contribution is -2.51. The van der Waals surface area contributed by atoms with E-state index in [1.807, 2.05) is 13.0 Å². The molecule has 0 saturated heterocycles. The first-order chi connectivity index (χ1) is 10.1. The second-order valence-corrected chi connectivity index (χ2v) is 6.66. The average molecular weight is 306 g/mol. The second-order valence-electron chi connectivity index (χ2n) is 5.68. The number of hydrogen-bond donors (Lipinski definition) is 2. The van der Waals surface area contributed by atoms with E-state index in [2.05, 4.69) is 15.5 Å². The van der Waals surface area contributed by atoms with Crippen molar-refractivity contribution in [3.8, 4) is 10.8 Å². The molecule has 1 amide bonds. The Balaban J connectivity index is 1.70. The maximum absolute atomic E-state index is 12.4. The summed E-state index contributed by atoms with van der Waals surface area (Å²) in [5.74, 6) is 0.401. The molecular formula is C14H18N4O2S. The first kappa shape index (κ1) is 14.2. The lowest BCUT2D eigenvalue weighted by Gasteiger charge is -2.36. The van der Waals surface area contributed by atoms with Gasteiger partial charge in [-0.2, -0.15) is 0 Å². The molecule has 0 spiro atoms. The molecule has 2 aromatic rings. The lowest BCUT2D eigenvalue weighted by molar-refractivity contribution is -0.122. The predicted octanol–water partition coefficient (Wildman–Crippen LogP) is 2.64. The molecule has 2 atom stereocenters. The van der Waals surface area contributed by atoms with Crippen molar-refractivity contribution in [1.29, 1.82) is 0 Å². The van der Waals surface area contributed by atoms with Crippen LogP contribution in [0.25, 0.3) is 10.8 Å². The number of nitrogens with one attached hydrogen (secondary N) is 1. The number of nitrogens with zero attached hydrogens (tertiary/aromatic N) is 2. The highest BCUT2D eigenvalue weighted by molar-refractivity contribution is 7.18. The van der Waals surface area contributed by atoms with Crippen LogP contribution in [0.5, 0.6) is 0 Å². The van der Waals surface area contributed by atoms with Crippen molar-refractivity contribution in [3.63, 3.8) is 0 Å². The smallest absolute Gasteiger partial charge is 0.231 e. The summed E-state index contributed by atoms with van der Waals surface area (Å²) >= 11 is 1.29. The van der Waals surface area contributed by atoms with Crippen LogP contribution < -0.4 is 11.1 Å². The van der Waals surface area contributed by atoms with Gasteiger partial charge < -0.3 is 15.5 Å². The number of carbonyl (C=O) groups is 1. The van der Waals surface area contributed by atoms with Crippen LogP contribution in [-0.2, 0) is 4.79 Å². The molecule has 112 valence electrons. The molecule has 3 N–H and O–H groups in total. The van der Waals surface area contributed by atoms with Gasteiger partial charge in [-0.05, 0) is 31.9 Å². The molecule has 1 saturated carbocycles. The summed E-state index contributed by atoms with van der Waals surface area (Å²) in [6.07, 6.45) is 5.40. The third-order valence-electron chi connectivity index (χ3n) is 3.96. The Bertz CT molecular complexity index is 621. The van der Waals surface area contributed by atoms with Crippen LogP contribution in [-0.4, -0.2) is 21.6 Å². The Morgan fingerprint density at radius 1 is 1.52 bits per heavy atom. The number of furan rings is 1. The summed E-state index contributed by atoms with van der Waals surface area (Å²) in [7, 11) is 0. The fraction of sp³-hybridized carbons (Fsp3) is 0.500. The van der Waals surface area contributed by atoms with E-state index >= 15 is 0 Å². The molecule has 0 bridgehead atoms. The molecule has 0 aromatic carbocycles. The molecule has 0 radical (unpaired) electrons. The maximum Gasteiger partial charge on any atom is 0.231 e. The Kier molecular flexibility index (Phi) is 3.77. The van der Waals surface area contributed by atoms with Gasteiger partial charge in [0.15, 0.2) is 10.8 Å². The molecule has 2 heterocycles. The van der Waals surface area contributed by atoms with Crippen LogP contribution in [0.4, 0.5) is 5.13 Å². The van der Waals surface area contributed by atoms with Gasteiger partial charge in [0, 0.05) is 5.54 Å². The van der Waals surface area contributed by atoms with E-state index in [9.17, 15) is 4.79 Å². The van der Waals surface area contributed by atoms with E-state index in [-0.39, 0.29) is 11.8 Å². The number of aromatic nitrogens is 2. The van der Waals surface area contributed by atoms with E-state index in [1.165, 1.54) is 11.3 Å². The predicted molar refractivity (Wildman–Crippen MR) is 80.8 cm³/mol. The van der Waals surface area contributed by atoms with Gasteiger partial charge in [0.05, 0.1) is 12.2 Å². The number of nitrogens with two attached hydrogens (primary N) is 1. The Hall–Kier alpha value is -1.73. The van der Waals surface area contributed by atoms with Crippen molar-refractivity contribution in [3.05, 3.63) is 18.4 Å². The number of rotatable bonds is 3. The van der Waals surface area contributed by atoms with Gasteiger partial charge in [0.2, 0.25) is 11.0 Å². The molecule has 6 nitrogen and oxygen atoms in total. The van der Waals surface area contributed by atoms with Gasteiger partial charge in [-0.15, -0.1) is 10.2 Å². The summed E-state index contributed by atoms with van der Waals surface area (Å²) in [5.41, 5.74) is 5.80. The van der Waals surface area contributed by atoms with E-state index in [4.69, 9.17) is 10.2 Å². The SMILES string of the molecule is CC1(N)CCCCC1C(=O)Nc1nnc(-c2ccco2)s1. The minimum absolute atomic E-state index is 0.0677. The standard InChI is InChI=1S/C14H18N4O2S/c1-14(15)7-3-2-5-9(14)11(19)16-13-18-17-12(21-13)10-6-4-8-20-10/h4,6,8-9H,2-3,5,7,15H2,1H3,(H,16,18,19). The average Bonchev–Trinajstić information content (AvgIpc) is 3.08. The normalized spacial score (nSPS) is 25.7. The molecule has 7 heteroatoms. The number of anilines is 1. The first-order valence-electron chi connectivity index (χ1n) is 7.03. The van der Waals surface area contributed by atoms with E-state index in [0.717, 1.165) is 25.7 Å². The van der Waals surface area contributed by atoms with E-state index in [0.29, 0.717) is 15.9 Å². The van der Waals surface area contributed by atoms with E-state index < -0.39 is 5.54 Å². The Labute approximate surface area is 126 Å². The monoisotopic (exact) mass is 306 g/mol. The topological polar surface area (TPSA) is 94.0 Å². The zero-order valence-electron chi connectivity index (χ0n) is 11.8. The largest absolute Gasteiger partial charge is 0.462 e. The fourth-order valence-corrected chi connectivity index (χ4v) is 3.47. The third-order valence-corrected chi connectivity index (χ3v) is 4.81. The minimum Gasteiger partial charge on any atom is -0.462 e. The molecule has 1 aliphatic carbocycles. The van der Waals surface area contributed by atoms with Crippen molar-refractivity contribution in [2.75, 3.05) is 5.32 Å². The van der Waals surface area contributed by atoms with Crippen molar-refractivity contribution in [2.24, 2.45) is 11.7 Å². The molecule has 3 rings (SSSR count). The number of amides is 1.